The molecule has 0 amide bonds. The van der Waals surface area contributed by atoms with Crippen LogP contribution in [0, 0.1) is 6.92 Å². The fraction of sp³-hybridized carbons (Fsp3) is 0.333. The molecule has 0 saturated heterocycles. The molecule has 0 bridgehead atoms. The number of thiazole rings is 1. The van der Waals surface area contributed by atoms with Crippen LogP contribution in [0.4, 0.5) is 5.13 Å². The van der Waals surface area contributed by atoms with E-state index >= 15 is 0 Å². The number of halogens is 1. The maximum atomic E-state index is 5.72. The van der Waals surface area contributed by atoms with Gasteiger partial charge in [-0.15, -0.1) is 11.3 Å². The first-order valence-corrected chi connectivity index (χ1v) is 5.75. The zero-order valence-corrected chi connectivity index (χ0v) is 10.1. The lowest BCUT2D eigenvalue weighted by Gasteiger charge is -2.01. The third-order valence-electron chi connectivity index (χ3n) is 2.24. The van der Waals surface area contributed by atoms with Gasteiger partial charge < -0.3 is 5.32 Å². The Labute approximate surface area is 96.9 Å². The molecule has 2 heterocycles. The minimum absolute atomic E-state index is 0.533. The molecule has 0 unspecified atom stereocenters. The molecule has 0 aliphatic rings. The van der Waals surface area contributed by atoms with Gasteiger partial charge in [-0.25, -0.2) is 4.98 Å². The highest BCUT2D eigenvalue weighted by atomic mass is 35.5. The molecule has 0 radical (unpaired) electrons. The van der Waals surface area contributed by atoms with E-state index in [1.54, 1.807) is 5.38 Å². The maximum Gasteiger partial charge on any atom is 0.184 e. The quantitative estimate of drug-likeness (QED) is 0.899. The molecule has 1 N–H and O–H groups in total. The van der Waals surface area contributed by atoms with Gasteiger partial charge in [0, 0.05) is 30.2 Å². The number of aromatic nitrogens is 3. The SMILES string of the molecule is Cc1c(CNc2nc(Cl)cs2)cnn1C. The van der Waals surface area contributed by atoms with Crippen molar-refractivity contribution in [2.75, 3.05) is 5.32 Å². The van der Waals surface area contributed by atoms with Crippen LogP contribution in [0.3, 0.4) is 0 Å². The van der Waals surface area contributed by atoms with E-state index in [2.05, 4.69) is 15.4 Å². The van der Waals surface area contributed by atoms with Crippen LogP contribution in [0.5, 0.6) is 0 Å². The first-order valence-electron chi connectivity index (χ1n) is 4.49. The van der Waals surface area contributed by atoms with Crippen molar-refractivity contribution in [2.24, 2.45) is 7.05 Å². The second-order valence-corrected chi connectivity index (χ2v) is 4.45. The summed E-state index contributed by atoms with van der Waals surface area (Å²) < 4.78 is 1.85. The van der Waals surface area contributed by atoms with E-state index in [1.807, 2.05) is 24.9 Å². The van der Waals surface area contributed by atoms with Crippen LogP contribution < -0.4 is 5.32 Å². The van der Waals surface area contributed by atoms with Gasteiger partial charge in [-0.05, 0) is 6.92 Å². The van der Waals surface area contributed by atoms with Crippen molar-refractivity contribution in [3.8, 4) is 0 Å². The van der Waals surface area contributed by atoms with Crippen LogP contribution in [0.1, 0.15) is 11.3 Å². The maximum absolute atomic E-state index is 5.72. The number of nitrogens with one attached hydrogen (secondary N) is 1. The molecule has 0 aliphatic heterocycles. The molecule has 2 aromatic rings. The van der Waals surface area contributed by atoms with Gasteiger partial charge in [-0.3, -0.25) is 4.68 Å². The predicted octanol–water partition coefficient (Wildman–Crippen LogP) is 2.45. The summed E-state index contributed by atoms with van der Waals surface area (Å²) in [7, 11) is 1.93. The highest BCUT2D eigenvalue weighted by molar-refractivity contribution is 7.14. The Kier molecular flexibility index (Phi) is 2.93. The topological polar surface area (TPSA) is 42.7 Å². The summed E-state index contributed by atoms with van der Waals surface area (Å²) in [5.74, 6) is 0. The fourth-order valence-corrected chi connectivity index (χ4v) is 2.06. The Morgan fingerprint density at radius 1 is 1.60 bits per heavy atom. The fourth-order valence-electron chi connectivity index (χ4n) is 1.22. The Bertz CT molecular complexity index is 462. The lowest BCUT2D eigenvalue weighted by atomic mass is 10.2. The minimum atomic E-state index is 0.533. The van der Waals surface area contributed by atoms with Crippen LogP contribution in [0.15, 0.2) is 11.6 Å². The van der Waals surface area contributed by atoms with Gasteiger partial charge in [0.2, 0.25) is 0 Å². The molecule has 0 spiro atoms. The van der Waals surface area contributed by atoms with Crippen molar-refractivity contribution in [3.63, 3.8) is 0 Å². The Morgan fingerprint density at radius 2 is 2.40 bits per heavy atom. The second-order valence-electron chi connectivity index (χ2n) is 3.21. The molecule has 15 heavy (non-hydrogen) atoms. The third kappa shape index (κ3) is 2.30. The largest absolute Gasteiger partial charge is 0.357 e. The van der Waals surface area contributed by atoms with E-state index in [0.29, 0.717) is 5.15 Å². The summed E-state index contributed by atoms with van der Waals surface area (Å²) in [5.41, 5.74) is 2.33. The minimum Gasteiger partial charge on any atom is -0.357 e. The van der Waals surface area contributed by atoms with Crippen molar-refractivity contribution in [3.05, 3.63) is 28.0 Å². The van der Waals surface area contributed by atoms with E-state index in [9.17, 15) is 0 Å². The van der Waals surface area contributed by atoms with Gasteiger partial charge in [0.15, 0.2) is 5.13 Å². The van der Waals surface area contributed by atoms with Gasteiger partial charge in [0.1, 0.15) is 5.15 Å². The first kappa shape index (κ1) is 10.4. The molecule has 6 heteroatoms. The average Bonchev–Trinajstić information content (AvgIpc) is 2.74. The summed E-state index contributed by atoms with van der Waals surface area (Å²) in [6.07, 6.45) is 1.86. The normalized spacial score (nSPS) is 10.6. The molecule has 0 fully saturated rings. The van der Waals surface area contributed by atoms with E-state index in [4.69, 9.17) is 11.6 Å². The van der Waals surface area contributed by atoms with Crippen LogP contribution in [0.2, 0.25) is 5.15 Å². The molecule has 0 aromatic carbocycles. The number of rotatable bonds is 3. The predicted molar refractivity (Wildman–Crippen MR) is 62.4 cm³/mol. The van der Waals surface area contributed by atoms with Crippen molar-refractivity contribution in [1.82, 2.24) is 14.8 Å². The highest BCUT2D eigenvalue weighted by Crippen LogP contribution is 2.19. The third-order valence-corrected chi connectivity index (χ3v) is 3.37. The number of anilines is 1. The molecule has 4 nitrogen and oxygen atoms in total. The van der Waals surface area contributed by atoms with Gasteiger partial charge in [0.05, 0.1) is 6.20 Å². The van der Waals surface area contributed by atoms with Gasteiger partial charge in [-0.2, -0.15) is 5.10 Å². The Hall–Kier alpha value is -1.07. The van der Waals surface area contributed by atoms with E-state index < -0.39 is 0 Å². The van der Waals surface area contributed by atoms with Crippen molar-refractivity contribution in [1.29, 1.82) is 0 Å². The van der Waals surface area contributed by atoms with Gasteiger partial charge >= 0.3 is 0 Å². The smallest absolute Gasteiger partial charge is 0.184 e. The summed E-state index contributed by atoms with van der Waals surface area (Å²) >= 11 is 7.22. The summed E-state index contributed by atoms with van der Waals surface area (Å²) in [5, 5.41) is 10.5. The molecule has 0 aliphatic carbocycles. The summed E-state index contributed by atoms with van der Waals surface area (Å²) in [4.78, 5) is 4.11. The standard InChI is InChI=1S/C9H11ClN4S/c1-6-7(4-12-14(6)2)3-11-9-13-8(10)5-15-9/h4-5H,3H2,1-2H3,(H,11,13). The molecule has 2 rings (SSSR count). The zero-order valence-electron chi connectivity index (χ0n) is 8.49. The molecular formula is C9H11ClN4S. The number of hydrogen-bond acceptors (Lipinski definition) is 4. The van der Waals surface area contributed by atoms with Gasteiger partial charge in [-0.1, -0.05) is 11.6 Å². The Balaban J connectivity index is 2.02. The molecule has 2 aromatic heterocycles. The van der Waals surface area contributed by atoms with E-state index in [0.717, 1.165) is 17.4 Å². The van der Waals surface area contributed by atoms with Crippen LogP contribution in [-0.4, -0.2) is 14.8 Å². The highest BCUT2D eigenvalue weighted by Gasteiger charge is 2.04. The lowest BCUT2D eigenvalue weighted by molar-refractivity contribution is 0.738. The van der Waals surface area contributed by atoms with Crippen LogP contribution >= 0.6 is 22.9 Å². The number of hydrogen-bond donors (Lipinski definition) is 1. The van der Waals surface area contributed by atoms with E-state index in [1.165, 1.54) is 16.9 Å². The summed E-state index contributed by atoms with van der Waals surface area (Å²) in [6.45, 7) is 2.77. The van der Waals surface area contributed by atoms with Gasteiger partial charge in [0.25, 0.3) is 0 Å². The number of nitrogens with zero attached hydrogens (tertiary/aromatic N) is 3. The van der Waals surface area contributed by atoms with Crippen LogP contribution in [-0.2, 0) is 13.6 Å². The molecule has 0 atom stereocenters. The zero-order chi connectivity index (χ0) is 10.8. The van der Waals surface area contributed by atoms with Crippen molar-refractivity contribution < 1.29 is 0 Å². The lowest BCUT2D eigenvalue weighted by Crippen LogP contribution is -2.00. The first-order chi connectivity index (χ1) is 7.16. The monoisotopic (exact) mass is 242 g/mol. The van der Waals surface area contributed by atoms with Crippen LogP contribution in [0.25, 0.3) is 0 Å². The van der Waals surface area contributed by atoms with Crippen molar-refractivity contribution >= 4 is 28.1 Å². The molecular weight excluding hydrogens is 232 g/mol. The van der Waals surface area contributed by atoms with Crippen molar-refractivity contribution in [2.45, 2.75) is 13.5 Å². The summed E-state index contributed by atoms with van der Waals surface area (Å²) in [6, 6.07) is 0. The second kappa shape index (κ2) is 4.20. The van der Waals surface area contributed by atoms with E-state index in [-0.39, 0.29) is 0 Å². The Morgan fingerprint density at radius 3 is 2.93 bits per heavy atom. The number of aryl methyl sites for hydroxylation is 1. The molecule has 0 saturated carbocycles. The molecule has 80 valence electrons. The average molecular weight is 243 g/mol.